The normalized spacial score (nSPS) is 11.3. The summed E-state index contributed by atoms with van der Waals surface area (Å²) < 4.78 is 7.35. The van der Waals surface area contributed by atoms with Gasteiger partial charge in [-0.2, -0.15) is 9.78 Å². The lowest BCUT2D eigenvalue weighted by molar-refractivity contribution is 0.414. The molecular formula is C18H16BrN3O2. The molecule has 0 fully saturated rings. The zero-order valence-electron chi connectivity index (χ0n) is 13.6. The molecule has 0 saturated carbocycles. The van der Waals surface area contributed by atoms with Crippen molar-refractivity contribution in [1.29, 1.82) is 0 Å². The first-order valence-electron chi connectivity index (χ1n) is 7.37. The van der Waals surface area contributed by atoms with E-state index in [1.54, 1.807) is 26.3 Å². The smallest absolute Gasteiger partial charge is 0.282 e. The highest BCUT2D eigenvalue weighted by Gasteiger charge is 2.08. The zero-order valence-corrected chi connectivity index (χ0v) is 15.2. The van der Waals surface area contributed by atoms with Crippen molar-refractivity contribution in [3.8, 4) is 5.75 Å². The average molecular weight is 386 g/mol. The fourth-order valence-corrected chi connectivity index (χ4v) is 2.80. The first-order valence-corrected chi connectivity index (χ1v) is 8.17. The number of ether oxygens (including phenoxy) is 1. The minimum Gasteiger partial charge on any atom is -0.497 e. The van der Waals surface area contributed by atoms with Crippen molar-refractivity contribution < 1.29 is 4.74 Å². The SMILES string of the molecule is COc1ccc(C=Nn2c(C)nc3ccc(Br)cc3c2=O)c(C)c1. The van der Waals surface area contributed by atoms with Crippen molar-refractivity contribution in [3.05, 3.63) is 68.2 Å². The van der Waals surface area contributed by atoms with Crippen LogP contribution in [0.1, 0.15) is 17.0 Å². The van der Waals surface area contributed by atoms with Crippen molar-refractivity contribution in [2.75, 3.05) is 7.11 Å². The molecule has 1 aromatic heterocycles. The van der Waals surface area contributed by atoms with Gasteiger partial charge in [-0.1, -0.05) is 15.9 Å². The van der Waals surface area contributed by atoms with E-state index in [1.165, 1.54) is 4.68 Å². The second-order valence-corrected chi connectivity index (χ2v) is 6.32. The van der Waals surface area contributed by atoms with Gasteiger partial charge in [0, 0.05) is 4.47 Å². The van der Waals surface area contributed by atoms with Crippen LogP contribution in [0.5, 0.6) is 5.75 Å². The molecule has 3 rings (SSSR count). The molecule has 0 aliphatic rings. The molecule has 24 heavy (non-hydrogen) atoms. The fraction of sp³-hybridized carbons (Fsp3) is 0.167. The zero-order chi connectivity index (χ0) is 17.3. The maximum absolute atomic E-state index is 12.7. The quantitative estimate of drug-likeness (QED) is 0.646. The number of aromatic nitrogens is 2. The Morgan fingerprint density at radius 3 is 2.71 bits per heavy atom. The van der Waals surface area contributed by atoms with E-state index in [0.717, 1.165) is 21.3 Å². The number of hydrogen-bond acceptors (Lipinski definition) is 4. The van der Waals surface area contributed by atoms with Gasteiger partial charge in [-0.05, 0) is 61.4 Å². The third-order valence-corrected chi connectivity index (χ3v) is 4.25. The van der Waals surface area contributed by atoms with Crippen molar-refractivity contribution >= 4 is 33.0 Å². The third-order valence-electron chi connectivity index (χ3n) is 3.76. The summed E-state index contributed by atoms with van der Waals surface area (Å²) in [4.78, 5) is 17.1. The maximum Gasteiger partial charge on any atom is 0.282 e. The number of hydrogen-bond donors (Lipinski definition) is 0. The highest BCUT2D eigenvalue weighted by Crippen LogP contribution is 2.17. The average Bonchev–Trinajstić information content (AvgIpc) is 2.56. The van der Waals surface area contributed by atoms with Crippen molar-refractivity contribution in [2.24, 2.45) is 5.10 Å². The maximum atomic E-state index is 12.7. The first kappa shape index (κ1) is 16.4. The van der Waals surface area contributed by atoms with E-state index in [4.69, 9.17) is 4.74 Å². The number of aryl methyl sites for hydroxylation is 2. The lowest BCUT2D eigenvalue weighted by Crippen LogP contribution is -2.20. The number of fused-ring (bicyclic) bond motifs is 1. The van der Waals surface area contributed by atoms with Gasteiger partial charge in [0.2, 0.25) is 0 Å². The van der Waals surface area contributed by atoms with Crippen LogP contribution in [-0.2, 0) is 0 Å². The second kappa shape index (κ2) is 6.57. The Morgan fingerprint density at radius 2 is 2.00 bits per heavy atom. The Labute approximate surface area is 147 Å². The molecule has 0 spiro atoms. The lowest BCUT2D eigenvalue weighted by atomic mass is 10.1. The lowest BCUT2D eigenvalue weighted by Gasteiger charge is -2.07. The predicted molar refractivity (Wildman–Crippen MR) is 99.2 cm³/mol. The molecule has 6 heteroatoms. The molecule has 0 aliphatic heterocycles. The molecular weight excluding hydrogens is 370 g/mol. The van der Waals surface area contributed by atoms with Crippen molar-refractivity contribution in [1.82, 2.24) is 9.66 Å². The van der Waals surface area contributed by atoms with E-state index in [9.17, 15) is 4.79 Å². The summed E-state index contributed by atoms with van der Waals surface area (Å²) in [7, 11) is 1.63. The monoisotopic (exact) mass is 385 g/mol. The van der Waals surface area contributed by atoms with E-state index in [0.29, 0.717) is 16.7 Å². The molecule has 3 aromatic rings. The largest absolute Gasteiger partial charge is 0.497 e. The molecule has 0 atom stereocenters. The number of rotatable bonds is 3. The summed E-state index contributed by atoms with van der Waals surface area (Å²) in [5, 5.41) is 4.86. The highest BCUT2D eigenvalue weighted by molar-refractivity contribution is 9.10. The van der Waals surface area contributed by atoms with Crippen LogP contribution in [0.25, 0.3) is 10.9 Å². The Bertz CT molecular complexity index is 1010. The minimum absolute atomic E-state index is 0.193. The second-order valence-electron chi connectivity index (χ2n) is 5.40. The Kier molecular flexibility index (Phi) is 4.49. The summed E-state index contributed by atoms with van der Waals surface area (Å²) >= 11 is 3.38. The third kappa shape index (κ3) is 3.10. The molecule has 1 heterocycles. The summed E-state index contributed by atoms with van der Waals surface area (Å²) in [6.07, 6.45) is 1.66. The summed E-state index contributed by atoms with van der Waals surface area (Å²) in [5.74, 6) is 1.33. The molecule has 0 unspecified atom stereocenters. The number of nitrogens with zero attached hydrogens (tertiary/aromatic N) is 3. The Balaban J connectivity index is 2.08. The van der Waals surface area contributed by atoms with Crippen molar-refractivity contribution in [3.63, 3.8) is 0 Å². The van der Waals surface area contributed by atoms with Gasteiger partial charge in [0.15, 0.2) is 0 Å². The topological polar surface area (TPSA) is 56.5 Å². The van der Waals surface area contributed by atoms with Gasteiger partial charge in [-0.3, -0.25) is 4.79 Å². The molecule has 2 aromatic carbocycles. The Hall–Kier alpha value is -2.47. The molecule has 5 nitrogen and oxygen atoms in total. The Morgan fingerprint density at radius 1 is 1.21 bits per heavy atom. The summed E-state index contributed by atoms with van der Waals surface area (Å²) in [6, 6.07) is 11.1. The molecule has 0 aliphatic carbocycles. The van der Waals surface area contributed by atoms with Crippen molar-refractivity contribution in [2.45, 2.75) is 13.8 Å². The minimum atomic E-state index is -0.193. The molecule has 0 radical (unpaired) electrons. The number of benzene rings is 2. The van der Waals surface area contributed by atoms with E-state index >= 15 is 0 Å². The fourth-order valence-electron chi connectivity index (χ4n) is 2.44. The van der Waals surface area contributed by atoms with Crippen LogP contribution >= 0.6 is 15.9 Å². The molecule has 122 valence electrons. The van der Waals surface area contributed by atoms with Crippen LogP contribution in [-0.4, -0.2) is 23.0 Å². The molecule has 0 saturated heterocycles. The summed E-state index contributed by atoms with van der Waals surface area (Å²) in [5.41, 5.74) is 2.39. The number of halogens is 1. The van der Waals surface area contributed by atoms with E-state index in [2.05, 4.69) is 26.0 Å². The van der Waals surface area contributed by atoms with Crippen LogP contribution in [0.15, 0.2) is 50.8 Å². The van der Waals surface area contributed by atoms with Gasteiger partial charge in [0.1, 0.15) is 11.6 Å². The van der Waals surface area contributed by atoms with Crippen LogP contribution < -0.4 is 10.3 Å². The van der Waals surface area contributed by atoms with E-state index in [1.807, 2.05) is 37.3 Å². The first-order chi connectivity index (χ1) is 11.5. The summed E-state index contributed by atoms with van der Waals surface area (Å²) in [6.45, 7) is 3.73. The van der Waals surface area contributed by atoms with Gasteiger partial charge in [-0.15, -0.1) is 0 Å². The van der Waals surface area contributed by atoms with Crippen LogP contribution in [0.2, 0.25) is 0 Å². The van der Waals surface area contributed by atoms with Crippen LogP contribution in [0, 0.1) is 13.8 Å². The van der Waals surface area contributed by atoms with Crippen LogP contribution in [0.3, 0.4) is 0 Å². The van der Waals surface area contributed by atoms with E-state index in [-0.39, 0.29) is 5.56 Å². The van der Waals surface area contributed by atoms with E-state index < -0.39 is 0 Å². The highest BCUT2D eigenvalue weighted by atomic mass is 79.9. The van der Waals surface area contributed by atoms with Gasteiger partial charge >= 0.3 is 0 Å². The van der Waals surface area contributed by atoms with Gasteiger partial charge in [-0.25, -0.2) is 4.98 Å². The molecule has 0 N–H and O–H groups in total. The standard InChI is InChI=1S/C18H16BrN3O2/c1-11-8-15(24-3)6-4-13(11)10-20-22-12(2)21-17-7-5-14(19)9-16(17)18(22)23/h4-10H,1-3H3. The molecule has 0 amide bonds. The van der Waals surface area contributed by atoms with Crippen LogP contribution in [0.4, 0.5) is 0 Å². The molecule has 0 bridgehead atoms. The van der Waals surface area contributed by atoms with Gasteiger partial charge < -0.3 is 4.74 Å². The predicted octanol–water partition coefficient (Wildman–Crippen LogP) is 3.67. The van der Waals surface area contributed by atoms with Gasteiger partial charge in [0.25, 0.3) is 5.56 Å². The number of methoxy groups -OCH3 is 1. The van der Waals surface area contributed by atoms with Gasteiger partial charge in [0.05, 0.1) is 24.2 Å².